The molecule has 0 aromatic heterocycles. The highest BCUT2D eigenvalue weighted by atomic mass is 19.1. The van der Waals surface area contributed by atoms with E-state index >= 15 is 0 Å². The highest BCUT2D eigenvalue weighted by Gasteiger charge is 2.13. The predicted molar refractivity (Wildman–Crippen MR) is 79.5 cm³/mol. The van der Waals surface area contributed by atoms with E-state index in [2.05, 4.69) is 17.1 Å². The Morgan fingerprint density at radius 3 is 2.70 bits per heavy atom. The van der Waals surface area contributed by atoms with Crippen LogP contribution in [0.2, 0.25) is 0 Å². The van der Waals surface area contributed by atoms with Crippen LogP contribution in [0.3, 0.4) is 0 Å². The highest BCUT2D eigenvalue weighted by Crippen LogP contribution is 2.16. The average molecular weight is 280 g/mol. The van der Waals surface area contributed by atoms with Crippen LogP contribution >= 0.6 is 0 Å². The van der Waals surface area contributed by atoms with Crippen molar-refractivity contribution in [2.75, 3.05) is 26.7 Å². The third-order valence-corrected chi connectivity index (χ3v) is 3.88. The smallest absolute Gasteiger partial charge is 0.131 e. The molecule has 0 aliphatic carbocycles. The summed E-state index contributed by atoms with van der Waals surface area (Å²) in [5, 5.41) is 3.40. The summed E-state index contributed by atoms with van der Waals surface area (Å²) >= 11 is 0. The van der Waals surface area contributed by atoms with Gasteiger partial charge in [0.25, 0.3) is 0 Å². The Morgan fingerprint density at radius 2 is 2.05 bits per heavy atom. The monoisotopic (exact) mass is 280 g/mol. The molecule has 1 unspecified atom stereocenters. The van der Waals surface area contributed by atoms with Gasteiger partial charge in [-0.2, -0.15) is 0 Å². The van der Waals surface area contributed by atoms with Crippen molar-refractivity contribution >= 4 is 0 Å². The summed E-state index contributed by atoms with van der Waals surface area (Å²) in [5.74, 6) is 0.356. The first kappa shape index (κ1) is 15.3. The second-order valence-corrected chi connectivity index (χ2v) is 5.60. The predicted octanol–water partition coefficient (Wildman–Crippen LogP) is 2.80. The zero-order valence-corrected chi connectivity index (χ0v) is 12.5. The number of benzene rings is 1. The van der Waals surface area contributed by atoms with Crippen LogP contribution in [0.25, 0.3) is 0 Å². The summed E-state index contributed by atoms with van der Waals surface area (Å²) in [6.07, 6.45) is 3.97. The summed E-state index contributed by atoms with van der Waals surface area (Å²) < 4.78 is 18.8. The normalized spacial score (nSPS) is 17.9. The van der Waals surface area contributed by atoms with Crippen LogP contribution in [-0.4, -0.2) is 37.7 Å². The van der Waals surface area contributed by atoms with E-state index in [9.17, 15) is 4.39 Å². The van der Waals surface area contributed by atoms with Crippen molar-refractivity contribution < 1.29 is 9.13 Å². The van der Waals surface area contributed by atoms with Gasteiger partial charge in [0, 0.05) is 30.8 Å². The number of ether oxygens (including phenoxy) is 1. The Bertz CT molecular complexity index is 419. The summed E-state index contributed by atoms with van der Waals surface area (Å²) in [4.78, 5) is 2.49. The van der Waals surface area contributed by atoms with Crippen molar-refractivity contribution in [3.63, 3.8) is 0 Å². The van der Waals surface area contributed by atoms with E-state index < -0.39 is 0 Å². The van der Waals surface area contributed by atoms with Gasteiger partial charge in [0.15, 0.2) is 0 Å². The third-order valence-electron chi connectivity index (χ3n) is 3.88. The molecule has 2 rings (SSSR count). The molecule has 1 fully saturated rings. The summed E-state index contributed by atoms with van der Waals surface area (Å²) in [7, 11) is 1.55. The highest BCUT2D eigenvalue weighted by molar-refractivity contribution is 5.28. The maximum absolute atomic E-state index is 13.8. The van der Waals surface area contributed by atoms with E-state index in [0.29, 0.717) is 23.9 Å². The first-order chi connectivity index (χ1) is 9.69. The topological polar surface area (TPSA) is 24.5 Å². The number of nitrogens with one attached hydrogen (secondary N) is 1. The Balaban J connectivity index is 1.79. The quantitative estimate of drug-likeness (QED) is 0.867. The van der Waals surface area contributed by atoms with E-state index in [4.69, 9.17) is 4.74 Å². The summed E-state index contributed by atoms with van der Waals surface area (Å²) in [5.41, 5.74) is 0.691. The van der Waals surface area contributed by atoms with Crippen molar-refractivity contribution in [1.29, 1.82) is 0 Å². The molecule has 0 amide bonds. The lowest BCUT2D eigenvalue weighted by molar-refractivity contribution is 0.208. The Morgan fingerprint density at radius 1 is 1.30 bits per heavy atom. The second-order valence-electron chi connectivity index (χ2n) is 5.60. The van der Waals surface area contributed by atoms with E-state index in [1.54, 1.807) is 19.2 Å². The zero-order chi connectivity index (χ0) is 14.4. The molecule has 0 radical (unpaired) electrons. The van der Waals surface area contributed by atoms with Crippen LogP contribution in [0.1, 0.15) is 31.7 Å². The lowest BCUT2D eigenvalue weighted by atomic mass is 10.1. The van der Waals surface area contributed by atoms with E-state index in [1.165, 1.54) is 38.4 Å². The second kappa shape index (κ2) is 7.60. The fourth-order valence-corrected chi connectivity index (χ4v) is 2.68. The number of rotatable bonds is 6. The Hall–Kier alpha value is -1.13. The molecule has 112 valence electrons. The molecule has 1 N–H and O–H groups in total. The van der Waals surface area contributed by atoms with Gasteiger partial charge in [0.05, 0.1) is 7.11 Å². The van der Waals surface area contributed by atoms with Crippen LogP contribution in [0.4, 0.5) is 4.39 Å². The lowest BCUT2D eigenvalue weighted by Crippen LogP contribution is -2.41. The Labute approximate surface area is 121 Å². The molecule has 0 spiro atoms. The molecule has 4 heteroatoms. The number of hydrogen-bond acceptors (Lipinski definition) is 3. The lowest BCUT2D eigenvalue weighted by Gasteiger charge is -2.29. The van der Waals surface area contributed by atoms with Crippen LogP contribution in [0.15, 0.2) is 18.2 Å². The van der Waals surface area contributed by atoms with Gasteiger partial charge in [-0.25, -0.2) is 4.39 Å². The summed E-state index contributed by atoms with van der Waals surface area (Å²) in [6.45, 7) is 6.16. The molecular weight excluding hydrogens is 255 g/mol. The van der Waals surface area contributed by atoms with Crippen LogP contribution in [-0.2, 0) is 6.54 Å². The van der Waals surface area contributed by atoms with Gasteiger partial charge in [-0.1, -0.05) is 12.5 Å². The van der Waals surface area contributed by atoms with Crippen molar-refractivity contribution in [1.82, 2.24) is 10.2 Å². The van der Waals surface area contributed by atoms with Crippen molar-refractivity contribution in [2.45, 2.75) is 38.8 Å². The van der Waals surface area contributed by atoms with Gasteiger partial charge in [-0.05, 0) is 38.9 Å². The van der Waals surface area contributed by atoms with Crippen LogP contribution in [0.5, 0.6) is 5.75 Å². The minimum atomic E-state index is -0.206. The SMILES string of the molecule is COc1ccc(CNC(C)CN2CCCCC2)c(F)c1. The maximum atomic E-state index is 13.8. The largest absolute Gasteiger partial charge is 0.497 e. The number of likely N-dealkylation sites (tertiary alicyclic amines) is 1. The number of methoxy groups -OCH3 is 1. The minimum Gasteiger partial charge on any atom is -0.497 e. The van der Waals surface area contributed by atoms with Gasteiger partial charge in [-0.15, -0.1) is 0 Å². The fraction of sp³-hybridized carbons (Fsp3) is 0.625. The van der Waals surface area contributed by atoms with Gasteiger partial charge in [0.2, 0.25) is 0 Å². The zero-order valence-electron chi connectivity index (χ0n) is 12.5. The molecule has 1 heterocycles. The maximum Gasteiger partial charge on any atom is 0.131 e. The van der Waals surface area contributed by atoms with E-state index in [0.717, 1.165) is 6.54 Å². The first-order valence-corrected chi connectivity index (χ1v) is 7.47. The fourth-order valence-electron chi connectivity index (χ4n) is 2.68. The number of hydrogen-bond donors (Lipinski definition) is 1. The number of halogens is 1. The molecular formula is C16H25FN2O. The standard InChI is InChI=1S/C16H25FN2O/c1-13(12-19-8-4-3-5-9-19)18-11-14-6-7-15(20-2)10-16(14)17/h6-7,10,13,18H,3-5,8-9,11-12H2,1-2H3. The average Bonchev–Trinajstić information content (AvgIpc) is 2.47. The molecule has 0 saturated carbocycles. The number of nitrogens with zero attached hydrogens (tertiary/aromatic N) is 1. The third kappa shape index (κ3) is 4.46. The number of piperidine rings is 1. The van der Waals surface area contributed by atoms with Gasteiger partial charge in [0.1, 0.15) is 11.6 Å². The van der Waals surface area contributed by atoms with Crippen molar-refractivity contribution in [2.24, 2.45) is 0 Å². The molecule has 1 aliphatic rings. The molecule has 1 atom stereocenters. The van der Waals surface area contributed by atoms with E-state index in [1.807, 2.05) is 0 Å². The van der Waals surface area contributed by atoms with Crippen LogP contribution in [0, 0.1) is 5.82 Å². The molecule has 3 nitrogen and oxygen atoms in total. The summed E-state index contributed by atoms with van der Waals surface area (Å²) in [6, 6.07) is 5.39. The molecule has 1 saturated heterocycles. The molecule has 0 bridgehead atoms. The molecule has 20 heavy (non-hydrogen) atoms. The van der Waals surface area contributed by atoms with Crippen molar-refractivity contribution in [3.05, 3.63) is 29.6 Å². The van der Waals surface area contributed by atoms with Gasteiger partial charge in [-0.3, -0.25) is 0 Å². The molecule has 1 aromatic carbocycles. The van der Waals surface area contributed by atoms with Crippen LogP contribution < -0.4 is 10.1 Å². The Kier molecular flexibility index (Phi) is 5.80. The van der Waals surface area contributed by atoms with Crippen molar-refractivity contribution in [3.8, 4) is 5.75 Å². The molecule has 1 aliphatic heterocycles. The minimum absolute atomic E-state index is 0.206. The van der Waals surface area contributed by atoms with Gasteiger partial charge < -0.3 is 15.0 Å². The molecule has 1 aromatic rings. The van der Waals surface area contributed by atoms with E-state index in [-0.39, 0.29) is 5.82 Å². The van der Waals surface area contributed by atoms with Gasteiger partial charge >= 0.3 is 0 Å². The first-order valence-electron chi connectivity index (χ1n) is 7.47.